The first-order chi connectivity index (χ1) is 13.4. The maximum absolute atomic E-state index is 12.1. The average Bonchev–Trinajstić information content (AvgIpc) is 3.14. The van der Waals surface area contributed by atoms with Gasteiger partial charge in [-0.05, 0) is 36.8 Å². The molecular formula is C19H16N2O7. The molecule has 0 saturated heterocycles. The van der Waals surface area contributed by atoms with Gasteiger partial charge >= 0.3 is 5.97 Å². The van der Waals surface area contributed by atoms with Crippen molar-refractivity contribution in [1.29, 1.82) is 0 Å². The van der Waals surface area contributed by atoms with Crippen molar-refractivity contribution in [2.45, 2.75) is 13.0 Å². The van der Waals surface area contributed by atoms with Gasteiger partial charge in [-0.25, -0.2) is 4.79 Å². The Kier molecular flexibility index (Phi) is 5.54. The van der Waals surface area contributed by atoms with E-state index in [9.17, 15) is 19.7 Å². The van der Waals surface area contributed by atoms with Crippen molar-refractivity contribution < 1.29 is 28.7 Å². The van der Waals surface area contributed by atoms with Crippen LogP contribution in [0.1, 0.15) is 12.5 Å². The van der Waals surface area contributed by atoms with E-state index in [4.69, 9.17) is 14.2 Å². The van der Waals surface area contributed by atoms with Crippen LogP contribution in [0, 0.1) is 10.1 Å². The zero-order chi connectivity index (χ0) is 20.1. The molecule has 0 spiro atoms. The molecule has 144 valence electrons. The number of carbonyl (C=O) groups is 2. The van der Waals surface area contributed by atoms with Crippen molar-refractivity contribution >= 4 is 29.3 Å². The highest BCUT2D eigenvalue weighted by Gasteiger charge is 2.18. The van der Waals surface area contributed by atoms with Crippen LogP contribution in [0.2, 0.25) is 0 Å². The molecule has 0 saturated carbocycles. The molecule has 1 aliphatic heterocycles. The Morgan fingerprint density at radius 1 is 1.21 bits per heavy atom. The number of carbonyl (C=O) groups excluding carboxylic acids is 2. The molecule has 0 fully saturated rings. The molecule has 1 N–H and O–H groups in total. The Balaban J connectivity index is 1.55. The molecule has 2 aromatic carbocycles. The standard InChI is InChI=1S/C19H16N2O7/c1-12(19(23)20-14-3-2-4-15(10-14)21(24)25)28-18(22)8-6-13-5-7-16-17(9-13)27-11-26-16/h2-10,12H,11H2,1H3,(H,20,23)/b8-6+. The minimum atomic E-state index is -1.09. The number of hydrogen-bond acceptors (Lipinski definition) is 7. The molecule has 0 aliphatic carbocycles. The third-order valence-electron chi connectivity index (χ3n) is 3.80. The first-order valence-corrected chi connectivity index (χ1v) is 8.26. The SMILES string of the molecule is CC(OC(=O)/C=C/c1ccc2c(c1)OCO2)C(=O)Nc1cccc([N+](=O)[O-])c1. The van der Waals surface area contributed by atoms with Gasteiger partial charge in [0.25, 0.3) is 11.6 Å². The summed E-state index contributed by atoms with van der Waals surface area (Å²) in [6.45, 7) is 1.56. The van der Waals surface area contributed by atoms with E-state index in [1.165, 1.54) is 43.3 Å². The molecule has 0 aromatic heterocycles. The Labute approximate surface area is 159 Å². The number of amides is 1. The molecule has 1 heterocycles. The fourth-order valence-electron chi connectivity index (χ4n) is 2.39. The van der Waals surface area contributed by atoms with Crippen molar-refractivity contribution in [3.05, 3.63) is 64.2 Å². The zero-order valence-electron chi connectivity index (χ0n) is 14.8. The van der Waals surface area contributed by atoms with Crippen LogP contribution < -0.4 is 14.8 Å². The van der Waals surface area contributed by atoms with Crippen LogP contribution in [0.15, 0.2) is 48.5 Å². The number of nitrogens with one attached hydrogen (secondary N) is 1. The third kappa shape index (κ3) is 4.64. The number of rotatable bonds is 6. The van der Waals surface area contributed by atoms with Crippen molar-refractivity contribution in [1.82, 2.24) is 0 Å². The third-order valence-corrected chi connectivity index (χ3v) is 3.80. The summed E-state index contributed by atoms with van der Waals surface area (Å²) < 4.78 is 15.5. The van der Waals surface area contributed by atoms with E-state index in [1.54, 1.807) is 18.2 Å². The molecule has 2 aromatic rings. The van der Waals surface area contributed by atoms with E-state index >= 15 is 0 Å². The summed E-state index contributed by atoms with van der Waals surface area (Å²) in [5, 5.41) is 13.2. The molecule has 9 heteroatoms. The lowest BCUT2D eigenvalue weighted by atomic mass is 10.2. The van der Waals surface area contributed by atoms with Gasteiger partial charge in [0, 0.05) is 23.9 Å². The Hall–Kier alpha value is -3.88. The molecule has 0 radical (unpaired) electrons. The minimum Gasteiger partial charge on any atom is -0.454 e. The number of nitro benzene ring substituents is 1. The monoisotopic (exact) mass is 384 g/mol. The van der Waals surface area contributed by atoms with E-state index in [-0.39, 0.29) is 18.2 Å². The summed E-state index contributed by atoms with van der Waals surface area (Å²) in [6, 6.07) is 10.6. The maximum Gasteiger partial charge on any atom is 0.331 e. The molecule has 1 unspecified atom stereocenters. The van der Waals surface area contributed by atoms with Gasteiger partial charge in [0.2, 0.25) is 6.79 Å². The lowest BCUT2D eigenvalue weighted by Gasteiger charge is -2.12. The van der Waals surface area contributed by atoms with E-state index < -0.39 is 22.9 Å². The smallest absolute Gasteiger partial charge is 0.331 e. The number of nitro groups is 1. The highest BCUT2D eigenvalue weighted by Crippen LogP contribution is 2.32. The first-order valence-electron chi connectivity index (χ1n) is 8.26. The van der Waals surface area contributed by atoms with Gasteiger partial charge in [-0.2, -0.15) is 0 Å². The average molecular weight is 384 g/mol. The van der Waals surface area contributed by atoms with E-state index in [1.807, 2.05) is 0 Å². The number of hydrogen-bond donors (Lipinski definition) is 1. The molecular weight excluding hydrogens is 368 g/mol. The number of nitrogens with zero attached hydrogens (tertiary/aromatic N) is 1. The predicted octanol–water partition coefficient (Wildman–Crippen LogP) is 2.91. The number of anilines is 1. The fraction of sp³-hybridized carbons (Fsp3) is 0.158. The second-order valence-electron chi connectivity index (χ2n) is 5.82. The second kappa shape index (κ2) is 8.21. The van der Waals surface area contributed by atoms with Crippen LogP contribution in [0.3, 0.4) is 0 Å². The van der Waals surface area contributed by atoms with E-state index in [0.29, 0.717) is 17.1 Å². The molecule has 1 atom stereocenters. The van der Waals surface area contributed by atoms with Gasteiger partial charge in [0.1, 0.15) is 0 Å². The lowest BCUT2D eigenvalue weighted by Crippen LogP contribution is -2.29. The molecule has 1 amide bonds. The number of esters is 1. The van der Waals surface area contributed by atoms with Gasteiger partial charge in [-0.15, -0.1) is 0 Å². The van der Waals surface area contributed by atoms with Crippen molar-refractivity contribution in [2.75, 3.05) is 12.1 Å². The van der Waals surface area contributed by atoms with Crippen molar-refractivity contribution in [3.63, 3.8) is 0 Å². The normalized spacial score (nSPS) is 13.2. The summed E-state index contributed by atoms with van der Waals surface area (Å²) in [6.07, 6.45) is 1.62. The minimum absolute atomic E-state index is 0.155. The van der Waals surface area contributed by atoms with Crippen molar-refractivity contribution in [3.8, 4) is 11.5 Å². The van der Waals surface area contributed by atoms with Crippen LogP contribution in [-0.4, -0.2) is 29.7 Å². The highest BCUT2D eigenvalue weighted by molar-refractivity contribution is 5.96. The van der Waals surface area contributed by atoms with Gasteiger partial charge in [-0.3, -0.25) is 14.9 Å². The number of benzene rings is 2. The van der Waals surface area contributed by atoms with Gasteiger partial charge in [-0.1, -0.05) is 12.1 Å². The largest absolute Gasteiger partial charge is 0.454 e. The molecule has 0 bridgehead atoms. The molecule has 9 nitrogen and oxygen atoms in total. The molecule has 1 aliphatic rings. The first kappa shape index (κ1) is 18.9. The summed E-state index contributed by atoms with van der Waals surface area (Å²) in [5.41, 5.74) is 0.780. The van der Waals surface area contributed by atoms with Crippen LogP contribution in [0.5, 0.6) is 11.5 Å². The summed E-state index contributed by atoms with van der Waals surface area (Å²) >= 11 is 0. The fourth-order valence-corrected chi connectivity index (χ4v) is 2.39. The van der Waals surface area contributed by atoms with Gasteiger partial charge < -0.3 is 19.5 Å². The van der Waals surface area contributed by atoms with Crippen LogP contribution in [0.25, 0.3) is 6.08 Å². The zero-order valence-corrected chi connectivity index (χ0v) is 14.8. The Bertz CT molecular complexity index is 955. The van der Waals surface area contributed by atoms with Gasteiger partial charge in [0.05, 0.1) is 4.92 Å². The predicted molar refractivity (Wildman–Crippen MR) is 98.9 cm³/mol. The Morgan fingerprint density at radius 3 is 2.79 bits per heavy atom. The van der Waals surface area contributed by atoms with Crippen molar-refractivity contribution in [2.24, 2.45) is 0 Å². The van der Waals surface area contributed by atoms with Crippen LogP contribution in [0.4, 0.5) is 11.4 Å². The van der Waals surface area contributed by atoms with Crippen LogP contribution >= 0.6 is 0 Å². The van der Waals surface area contributed by atoms with Crippen LogP contribution in [-0.2, 0) is 14.3 Å². The highest BCUT2D eigenvalue weighted by atomic mass is 16.7. The topological polar surface area (TPSA) is 117 Å². The second-order valence-corrected chi connectivity index (χ2v) is 5.82. The Morgan fingerprint density at radius 2 is 2.00 bits per heavy atom. The number of ether oxygens (including phenoxy) is 3. The molecule has 28 heavy (non-hydrogen) atoms. The number of non-ortho nitro benzene ring substituents is 1. The van der Waals surface area contributed by atoms with E-state index in [2.05, 4.69) is 5.32 Å². The van der Waals surface area contributed by atoms with E-state index in [0.717, 1.165) is 0 Å². The van der Waals surface area contributed by atoms with Gasteiger partial charge in [0.15, 0.2) is 17.6 Å². The number of fused-ring (bicyclic) bond motifs is 1. The summed E-state index contributed by atoms with van der Waals surface area (Å²) in [4.78, 5) is 34.2. The summed E-state index contributed by atoms with van der Waals surface area (Å²) in [7, 11) is 0. The molecule has 3 rings (SSSR count). The quantitative estimate of drug-likeness (QED) is 0.352. The summed E-state index contributed by atoms with van der Waals surface area (Å²) in [5.74, 6) is -0.101. The lowest BCUT2D eigenvalue weighted by molar-refractivity contribution is -0.384. The maximum atomic E-state index is 12.1.